The molecule has 6 nitrogen and oxygen atoms in total. The molecule has 1 atom stereocenters. The van der Waals surface area contributed by atoms with Crippen LogP contribution in [0.2, 0.25) is 5.15 Å². The number of imidazole rings is 1. The molecule has 3 aromatic heterocycles. The largest absolute Gasteiger partial charge is 0.495 e. The third-order valence-electron chi connectivity index (χ3n) is 4.58. The van der Waals surface area contributed by atoms with E-state index in [9.17, 15) is 0 Å². The second-order valence-electron chi connectivity index (χ2n) is 6.44. The molecular weight excluding hydrogens is 636 g/mol. The summed E-state index contributed by atoms with van der Waals surface area (Å²) in [5.41, 5.74) is 5.26. The second kappa shape index (κ2) is 18.7. The zero-order chi connectivity index (χ0) is 28.7. The molecule has 1 aromatic carbocycles. The predicted molar refractivity (Wildman–Crippen MR) is 177 cm³/mol. The maximum Gasteiger partial charge on any atom is 0.167 e. The Morgan fingerprint density at radius 1 is 0.919 bits per heavy atom. The minimum atomic E-state index is 0.417. The first kappa shape index (κ1) is 35.5. The number of ether oxygens (including phenoxy) is 1. The smallest absolute Gasteiger partial charge is 0.167 e. The summed E-state index contributed by atoms with van der Waals surface area (Å²) < 4.78 is 7.71. The van der Waals surface area contributed by atoms with Crippen molar-refractivity contribution in [2.45, 2.75) is 76.2 Å². The zero-order valence-electron chi connectivity index (χ0n) is 24.2. The van der Waals surface area contributed by atoms with E-state index in [2.05, 4.69) is 53.6 Å². The number of nitrogens with zero attached hydrogens (tertiary/aromatic N) is 4. The number of methoxy groups -OCH3 is 1. The third-order valence-corrected chi connectivity index (χ3v) is 8.05. The number of thiazole rings is 1. The minimum absolute atomic E-state index is 0.417. The van der Waals surface area contributed by atoms with Gasteiger partial charge in [-0.1, -0.05) is 67.0 Å². The highest BCUT2D eigenvalue weighted by Gasteiger charge is 2.16. The maximum absolute atomic E-state index is 6.29. The van der Waals surface area contributed by atoms with E-state index in [0.717, 1.165) is 50.4 Å². The Morgan fingerprint density at radius 2 is 1.54 bits per heavy atom. The van der Waals surface area contributed by atoms with Gasteiger partial charge in [0, 0.05) is 16.5 Å². The topological polar surface area (TPSA) is 64.9 Å². The van der Waals surface area contributed by atoms with E-state index in [1.807, 2.05) is 87.4 Å². The lowest BCUT2D eigenvalue weighted by molar-refractivity contribution is 0.417. The summed E-state index contributed by atoms with van der Waals surface area (Å²) in [7, 11) is 1.66. The van der Waals surface area contributed by atoms with Crippen molar-refractivity contribution < 1.29 is 4.74 Å². The highest BCUT2D eigenvalue weighted by molar-refractivity contribution is 14.2. The molecule has 4 rings (SSSR count). The molecule has 4 aromatic rings. The van der Waals surface area contributed by atoms with Gasteiger partial charge in [-0.15, -0.1) is 11.3 Å². The van der Waals surface area contributed by atoms with Gasteiger partial charge >= 0.3 is 0 Å². The first-order valence-corrected chi connectivity index (χ1v) is 18.0. The van der Waals surface area contributed by atoms with Gasteiger partial charge in [0.25, 0.3) is 0 Å². The second-order valence-corrected chi connectivity index (χ2v) is 10.1. The average molecular weight is 678 g/mol. The van der Waals surface area contributed by atoms with Gasteiger partial charge in [-0.3, -0.25) is 4.34 Å². The number of nitrogens with one attached hydrogen (secondary N) is 1. The van der Waals surface area contributed by atoms with Crippen LogP contribution in [0.3, 0.4) is 0 Å². The van der Waals surface area contributed by atoms with Crippen LogP contribution in [0.25, 0.3) is 21.7 Å². The lowest BCUT2D eigenvalue weighted by Gasteiger charge is -2.13. The van der Waals surface area contributed by atoms with Crippen molar-refractivity contribution in [3.05, 3.63) is 45.8 Å². The summed E-state index contributed by atoms with van der Waals surface area (Å²) in [4.78, 5) is 15.0. The van der Waals surface area contributed by atoms with Gasteiger partial charge in [0.05, 0.1) is 30.6 Å². The fourth-order valence-corrected chi connectivity index (χ4v) is 6.23. The SMILES string of the molecule is CC.CC.CC.CC.COc1cc(-c2nc(C)c(C)s2)ccc1Nc1cc(Cl)nc2c1nc(C)n2PI. The van der Waals surface area contributed by atoms with Crippen LogP contribution in [0.1, 0.15) is 71.8 Å². The predicted octanol–water partition coefficient (Wildman–Crippen LogP) is 10.8. The van der Waals surface area contributed by atoms with E-state index in [-0.39, 0.29) is 0 Å². The fourth-order valence-electron chi connectivity index (χ4n) is 2.99. The van der Waals surface area contributed by atoms with Crippen LogP contribution < -0.4 is 10.1 Å². The van der Waals surface area contributed by atoms with Crippen LogP contribution in [0.4, 0.5) is 11.4 Å². The lowest BCUT2D eigenvalue weighted by Crippen LogP contribution is -1.97. The number of anilines is 2. The van der Waals surface area contributed by atoms with Gasteiger partial charge in [-0.05, 0) is 61.0 Å². The molecule has 0 aliphatic carbocycles. The van der Waals surface area contributed by atoms with Crippen LogP contribution in [-0.4, -0.2) is 26.4 Å². The first-order valence-electron chi connectivity index (χ1n) is 12.7. The molecule has 1 unspecified atom stereocenters. The van der Waals surface area contributed by atoms with Crippen LogP contribution in [0.5, 0.6) is 5.75 Å². The van der Waals surface area contributed by atoms with Crippen LogP contribution >= 0.6 is 51.4 Å². The Balaban J connectivity index is 0.00000148. The van der Waals surface area contributed by atoms with Crippen molar-refractivity contribution in [1.29, 1.82) is 0 Å². The normalized spacial score (nSPS) is 9.78. The Labute approximate surface area is 247 Å². The summed E-state index contributed by atoms with van der Waals surface area (Å²) in [5, 5.41) is 4.83. The molecule has 0 fully saturated rings. The number of aromatic nitrogens is 4. The number of fused-ring (bicyclic) bond motifs is 1. The summed E-state index contributed by atoms with van der Waals surface area (Å²) in [6, 6.07) is 7.82. The Kier molecular flexibility index (Phi) is 18.0. The zero-order valence-corrected chi connectivity index (χ0v) is 28.9. The van der Waals surface area contributed by atoms with Gasteiger partial charge < -0.3 is 10.1 Å². The van der Waals surface area contributed by atoms with Crippen molar-refractivity contribution in [2.75, 3.05) is 12.4 Å². The third kappa shape index (κ3) is 9.05. The number of benzene rings is 1. The Hall–Kier alpha value is -1.48. The summed E-state index contributed by atoms with van der Waals surface area (Å²) in [5.74, 6) is 1.63. The molecule has 0 aliphatic rings. The molecule has 0 saturated carbocycles. The van der Waals surface area contributed by atoms with E-state index in [1.54, 1.807) is 24.5 Å². The number of rotatable bonds is 5. The molecule has 0 amide bonds. The molecule has 0 saturated heterocycles. The number of halogens is 2. The quantitative estimate of drug-likeness (QED) is 0.129. The van der Waals surface area contributed by atoms with Crippen molar-refractivity contribution >= 4 is 73.9 Å². The first-order chi connectivity index (χ1) is 17.9. The molecule has 206 valence electrons. The number of aryl methyl sites for hydroxylation is 3. The molecule has 0 spiro atoms. The average Bonchev–Trinajstić information content (AvgIpc) is 3.46. The van der Waals surface area contributed by atoms with Crippen molar-refractivity contribution in [2.24, 2.45) is 0 Å². The van der Waals surface area contributed by atoms with Crippen LogP contribution in [-0.2, 0) is 0 Å². The fraction of sp³-hybridized carbons (Fsp3) is 0.444. The summed E-state index contributed by atoms with van der Waals surface area (Å²) >= 11 is 10.3. The van der Waals surface area contributed by atoms with E-state index >= 15 is 0 Å². The van der Waals surface area contributed by atoms with Gasteiger partial charge in [-0.25, -0.2) is 15.0 Å². The molecule has 3 heterocycles. The number of pyridine rings is 1. The van der Waals surface area contributed by atoms with Gasteiger partial charge in [-0.2, -0.15) is 0 Å². The minimum Gasteiger partial charge on any atom is -0.495 e. The van der Waals surface area contributed by atoms with Crippen molar-refractivity contribution in [3.63, 3.8) is 0 Å². The highest BCUT2D eigenvalue weighted by Crippen LogP contribution is 2.38. The van der Waals surface area contributed by atoms with Crippen molar-refractivity contribution in [1.82, 2.24) is 19.3 Å². The molecule has 0 aliphatic heterocycles. The molecule has 0 radical (unpaired) electrons. The Bertz CT molecular complexity index is 1210. The van der Waals surface area contributed by atoms with Crippen molar-refractivity contribution in [3.8, 4) is 16.3 Å². The molecular formula is C27H42ClIN5OPS. The number of hydrogen-bond acceptors (Lipinski definition) is 6. The van der Waals surface area contributed by atoms with Gasteiger partial charge in [0.2, 0.25) is 0 Å². The van der Waals surface area contributed by atoms with E-state index in [0.29, 0.717) is 11.5 Å². The molecule has 37 heavy (non-hydrogen) atoms. The summed E-state index contributed by atoms with van der Waals surface area (Å²) in [6.45, 7) is 22.1. The van der Waals surface area contributed by atoms with Gasteiger partial charge in [0.15, 0.2) is 5.65 Å². The Morgan fingerprint density at radius 3 is 2.05 bits per heavy atom. The van der Waals surface area contributed by atoms with Gasteiger partial charge in [0.1, 0.15) is 27.3 Å². The maximum atomic E-state index is 6.29. The molecule has 0 bridgehead atoms. The van der Waals surface area contributed by atoms with E-state index in [4.69, 9.17) is 16.3 Å². The standard InChI is InChI=1S/C19H18ClIN5OPS.4C2H6/c1-9-10(2)29-19(22-9)12-5-6-13(15(7-12)27-4)24-14-8-16(20)25-18-17(14)23-11(3)26(18)28-21;4*1-2/h5-8,28H,1-4H3,(H,24,25);4*1-2H3. The van der Waals surface area contributed by atoms with Crippen LogP contribution in [0.15, 0.2) is 24.3 Å². The monoisotopic (exact) mass is 677 g/mol. The van der Waals surface area contributed by atoms with E-state index < -0.39 is 0 Å². The van der Waals surface area contributed by atoms with Crippen LogP contribution in [0, 0.1) is 20.8 Å². The molecule has 1 N–H and O–H groups in total. The highest BCUT2D eigenvalue weighted by atomic mass is 127. The number of hydrogen-bond donors (Lipinski definition) is 1. The summed E-state index contributed by atoms with van der Waals surface area (Å²) in [6.07, 6.45) is 0.493. The molecule has 10 heteroatoms. The van der Waals surface area contributed by atoms with E-state index in [1.165, 1.54) is 4.88 Å². The lowest BCUT2D eigenvalue weighted by atomic mass is 10.2.